The molecule has 0 saturated heterocycles. The Morgan fingerprint density at radius 1 is 1.20 bits per heavy atom. The van der Waals surface area contributed by atoms with Gasteiger partial charge in [-0.3, -0.25) is 4.79 Å². The van der Waals surface area contributed by atoms with Gasteiger partial charge in [-0.05, 0) is 42.9 Å². The highest BCUT2D eigenvalue weighted by molar-refractivity contribution is 5.81. The van der Waals surface area contributed by atoms with Gasteiger partial charge in [-0.15, -0.1) is 0 Å². The van der Waals surface area contributed by atoms with E-state index in [2.05, 4.69) is 45.3 Å². The zero-order valence-electron chi connectivity index (χ0n) is 14.2. The molecule has 0 radical (unpaired) electrons. The number of carbonyl (C=O) groups is 1. The van der Waals surface area contributed by atoms with Crippen molar-refractivity contribution in [3.05, 3.63) is 0 Å². The summed E-state index contributed by atoms with van der Waals surface area (Å²) in [6, 6.07) is 0.441. The normalized spacial score (nSPS) is 28.7. The second-order valence-corrected chi connectivity index (χ2v) is 7.40. The predicted molar refractivity (Wildman–Crippen MR) is 85.6 cm³/mol. The zero-order chi connectivity index (χ0) is 15.3. The van der Waals surface area contributed by atoms with E-state index < -0.39 is 0 Å². The van der Waals surface area contributed by atoms with Gasteiger partial charge in [0.15, 0.2) is 0 Å². The molecule has 4 atom stereocenters. The Balaban J connectivity index is 2.74. The molecule has 1 saturated carbocycles. The van der Waals surface area contributed by atoms with Crippen LogP contribution in [0, 0.1) is 23.7 Å². The molecule has 1 aliphatic carbocycles. The van der Waals surface area contributed by atoms with Crippen LogP contribution in [0.4, 0.5) is 0 Å². The lowest BCUT2D eigenvalue weighted by Gasteiger charge is -2.40. The first-order valence-electron chi connectivity index (χ1n) is 8.32. The SMILES string of the molecule is CNC(=O)C(CC(C)C)NC1CC(C)CCC1C(C)C. The van der Waals surface area contributed by atoms with Crippen LogP contribution in [0.3, 0.4) is 0 Å². The van der Waals surface area contributed by atoms with Gasteiger partial charge in [-0.25, -0.2) is 0 Å². The van der Waals surface area contributed by atoms with E-state index in [9.17, 15) is 4.79 Å². The molecular weight excluding hydrogens is 248 g/mol. The highest BCUT2D eigenvalue weighted by Crippen LogP contribution is 2.33. The molecule has 2 N–H and O–H groups in total. The van der Waals surface area contributed by atoms with Gasteiger partial charge in [0.2, 0.25) is 5.91 Å². The highest BCUT2D eigenvalue weighted by Gasteiger charge is 2.33. The summed E-state index contributed by atoms with van der Waals surface area (Å²) >= 11 is 0. The average molecular weight is 282 g/mol. The van der Waals surface area contributed by atoms with Crippen LogP contribution in [-0.2, 0) is 4.79 Å². The van der Waals surface area contributed by atoms with Crippen LogP contribution in [0.1, 0.15) is 60.3 Å². The lowest BCUT2D eigenvalue weighted by Crippen LogP contribution is -2.52. The summed E-state index contributed by atoms with van der Waals surface area (Å²) in [4.78, 5) is 12.1. The van der Waals surface area contributed by atoms with Crippen LogP contribution in [0.15, 0.2) is 0 Å². The monoisotopic (exact) mass is 282 g/mol. The van der Waals surface area contributed by atoms with E-state index in [1.54, 1.807) is 7.05 Å². The summed E-state index contributed by atoms with van der Waals surface area (Å²) in [5.74, 6) is 2.82. The van der Waals surface area contributed by atoms with Crippen LogP contribution in [0.2, 0.25) is 0 Å². The molecule has 118 valence electrons. The Bertz CT molecular complexity index is 301. The van der Waals surface area contributed by atoms with Crippen molar-refractivity contribution in [2.24, 2.45) is 23.7 Å². The van der Waals surface area contributed by atoms with Gasteiger partial charge in [0.1, 0.15) is 0 Å². The minimum Gasteiger partial charge on any atom is -0.358 e. The maximum atomic E-state index is 12.1. The van der Waals surface area contributed by atoms with Gasteiger partial charge in [-0.2, -0.15) is 0 Å². The number of amides is 1. The summed E-state index contributed by atoms with van der Waals surface area (Å²) in [6.07, 6.45) is 4.73. The summed E-state index contributed by atoms with van der Waals surface area (Å²) in [7, 11) is 1.74. The smallest absolute Gasteiger partial charge is 0.236 e. The lowest BCUT2D eigenvalue weighted by atomic mass is 9.73. The zero-order valence-corrected chi connectivity index (χ0v) is 14.2. The maximum Gasteiger partial charge on any atom is 0.236 e. The van der Waals surface area contributed by atoms with Gasteiger partial charge in [0.05, 0.1) is 6.04 Å². The van der Waals surface area contributed by atoms with E-state index in [1.165, 1.54) is 19.3 Å². The van der Waals surface area contributed by atoms with Gasteiger partial charge < -0.3 is 10.6 Å². The van der Waals surface area contributed by atoms with Crippen LogP contribution in [0.25, 0.3) is 0 Å². The second-order valence-electron chi connectivity index (χ2n) is 7.40. The molecule has 1 amide bonds. The number of hydrogen-bond donors (Lipinski definition) is 2. The largest absolute Gasteiger partial charge is 0.358 e. The van der Waals surface area contributed by atoms with Crippen molar-refractivity contribution < 1.29 is 4.79 Å². The van der Waals surface area contributed by atoms with Crippen molar-refractivity contribution in [1.29, 1.82) is 0 Å². The molecule has 0 heterocycles. The molecule has 0 spiro atoms. The second kappa shape index (κ2) is 8.02. The minimum absolute atomic E-state index is 0.0449. The number of carbonyl (C=O) groups excluding carboxylic acids is 1. The third kappa shape index (κ3) is 5.08. The Kier molecular flexibility index (Phi) is 7.01. The quantitative estimate of drug-likeness (QED) is 0.785. The molecule has 0 aliphatic heterocycles. The van der Waals surface area contributed by atoms with Crippen molar-refractivity contribution in [2.45, 2.75) is 72.4 Å². The molecule has 0 aromatic heterocycles. The fourth-order valence-corrected chi connectivity index (χ4v) is 3.55. The molecule has 20 heavy (non-hydrogen) atoms. The molecule has 1 rings (SSSR count). The van der Waals surface area contributed by atoms with Crippen molar-refractivity contribution in [1.82, 2.24) is 10.6 Å². The van der Waals surface area contributed by atoms with Crippen LogP contribution in [-0.4, -0.2) is 25.0 Å². The Morgan fingerprint density at radius 3 is 2.35 bits per heavy atom. The number of likely N-dealkylation sites (N-methyl/N-ethyl adjacent to an activating group) is 1. The van der Waals surface area contributed by atoms with E-state index >= 15 is 0 Å². The number of hydrogen-bond acceptors (Lipinski definition) is 2. The minimum atomic E-state index is -0.0449. The lowest BCUT2D eigenvalue weighted by molar-refractivity contribution is -0.123. The van der Waals surface area contributed by atoms with Crippen molar-refractivity contribution >= 4 is 5.91 Å². The van der Waals surface area contributed by atoms with E-state index in [0.29, 0.717) is 23.8 Å². The first kappa shape index (κ1) is 17.5. The molecule has 0 aromatic rings. The van der Waals surface area contributed by atoms with E-state index in [4.69, 9.17) is 0 Å². The summed E-state index contributed by atoms with van der Waals surface area (Å²) in [6.45, 7) is 11.3. The van der Waals surface area contributed by atoms with Gasteiger partial charge in [0.25, 0.3) is 0 Å². The summed E-state index contributed by atoms with van der Waals surface area (Å²) < 4.78 is 0. The van der Waals surface area contributed by atoms with E-state index in [1.807, 2.05) is 0 Å². The average Bonchev–Trinajstić information content (AvgIpc) is 2.36. The Hall–Kier alpha value is -0.570. The summed E-state index contributed by atoms with van der Waals surface area (Å²) in [5.41, 5.74) is 0. The number of nitrogens with one attached hydrogen (secondary N) is 2. The molecule has 4 unspecified atom stereocenters. The third-order valence-corrected chi connectivity index (χ3v) is 4.71. The van der Waals surface area contributed by atoms with Crippen molar-refractivity contribution in [3.63, 3.8) is 0 Å². The molecule has 3 nitrogen and oxygen atoms in total. The number of rotatable bonds is 6. The molecule has 1 aliphatic rings. The molecule has 0 aromatic carbocycles. The molecule has 3 heteroatoms. The standard InChI is InChI=1S/C17H34N2O/c1-11(2)9-16(17(20)18-6)19-15-10-13(5)7-8-14(15)12(3)4/h11-16,19H,7-10H2,1-6H3,(H,18,20). The molecule has 1 fully saturated rings. The fraction of sp³-hybridized carbons (Fsp3) is 0.941. The Morgan fingerprint density at radius 2 is 1.85 bits per heavy atom. The summed E-state index contributed by atoms with van der Waals surface area (Å²) in [5, 5.41) is 6.50. The van der Waals surface area contributed by atoms with Gasteiger partial charge in [0, 0.05) is 13.1 Å². The molecule has 0 bridgehead atoms. The van der Waals surface area contributed by atoms with Crippen molar-refractivity contribution in [3.8, 4) is 0 Å². The molecular formula is C17H34N2O. The van der Waals surface area contributed by atoms with Crippen LogP contribution in [0.5, 0.6) is 0 Å². The maximum absolute atomic E-state index is 12.1. The Labute approximate surface area is 125 Å². The van der Waals surface area contributed by atoms with E-state index in [-0.39, 0.29) is 11.9 Å². The topological polar surface area (TPSA) is 41.1 Å². The third-order valence-electron chi connectivity index (χ3n) is 4.71. The van der Waals surface area contributed by atoms with Gasteiger partial charge >= 0.3 is 0 Å². The predicted octanol–water partition coefficient (Wildman–Crippen LogP) is 3.20. The highest BCUT2D eigenvalue weighted by atomic mass is 16.2. The fourth-order valence-electron chi connectivity index (χ4n) is 3.55. The van der Waals surface area contributed by atoms with Gasteiger partial charge in [-0.1, -0.05) is 41.0 Å². The first-order chi connectivity index (χ1) is 9.35. The van der Waals surface area contributed by atoms with Crippen LogP contribution >= 0.6 is 0 Å². The van der Waals surface area contributed by atoms with Crippen molar-refractivity contribution in [2.75, 3.05) is 7.05 Å². The van der Waals surface area contributed by atoms with E-state index in [0.717, 1.165) is 12.3 Å². The first-order valence-corrected chi connectivity index (χ1v) is 8.32. The van der Waals surface area contributed by atoms with Crippen LogP contribution < -0.4 is 10.6 Å².